The highest BCUT2D eigenvalue weighted by atomic mass is 16.5. The van der Waals surface area contributed by atoms with Gasteiger partial charge in [0.15, 0.2) is 0 Å². The average molecular weight is 356 g/mol. The monoisotopic (exact) mass is 356 g/mol. The molecule has 3 aromatic carbocycles. The fourth-order valence-electron chi connectivity index (χ4n) is 3.22. The molecule has 0 radical (unpaired) electrons. The summed E-state index contributed by atoms with van der Waals surface area (Å²) in [5.41, 5.74) is 3.20. The average Bonchev–Trinajstić information content (AvgIpc) is 2.73. The van der Waals surface area contributed by atoms with E-state index in [-0.39, 0.29) is 0 Å². The third-order valence-corrected chi connectivity index (χ3v) is 4.45. The molecule has 0 aliphatic heterocycles. The zero-order valence-corrected chi connectivity index (χ0v) is 14.6. The van der Waals surface area contributed by atoms with Crippen LogP contribution in [0.5, 0.6) is 0 Å². The number of methoxy groups -OCH3 is 1. The van der Waals surface area contributed by atoms with Gasteiger partial charge in [-0.1, -0.05) is 60.7 Å². The van der Waals surface area contributed by atoms with Crippen LogP contribution < -0.4 is 5.63 Å². The van der Waals surface area contributed by atoms with Gasteiger partial charge < -0.3 is 9.15 Å². The van der Waals surface area contributed by atoms with Crippen LogP contribution in [0.2, 0.25) is 0 Å². The number of hydrogen-bond acceptors (Lipinski definition) is 4. The molecule has 0 bridgehead atoms. The minimum atomic E-state index is -0.479. The maximum atomic E-state index is 12.9. The van der Waals surface area contributed by atoms with Crippen molar-refractivity contribution in [2.24, 2.45) is 0 Å². The molecule has 0 atom stereocenters. The molecule has 0 saturated heterocycles. The second-order valence-corrected chi connectivity index (χ2v) is 6.07. The zero-order valence-electron chi connectivity index (χ0n) is 14.6. The van der Waals surface area contributed by atoms with Crippen molar-refractivity contribution in [3.63, 3.8) is 0 Å². The van der Waals surface area contributed by atoms with Crippen LogP contribution in [0.4, 0.5) is 0 Å². The van der Waals surface area contributed by atoms with Gasteiger partial charge in [0, 0.05) is 10.9 Å². The molecule has 4 heteroatoms. The topological polar surface area (TPSA) is 56.5 Å². The van der Waals surface area contributed by atoms with Crippen LogP contribution in [-0.2, 0) is 4.74 Å². The van der Waals surface area contributed by atoms with Crippen molar-refractivity contribution in [3.05, 3.63) is 94.8 Å². The van der Waals surface area contributed by atoms with E-state index >= 15 is 0 Å². The van der Waals surface area contributed by atoms with E-state index in [1.54, 1.807) is 18.2 Å². The van der Waals surface area contributed by atoms with Gasteiger partial charge in [0.2, 0.25) is 0 Å². The molecule has 4 nitrogen and oxygen atoms in total. The van der Waals surface area contributed by atoms with Gasteiger partial charge in [0.05, 0.1) is 18.2 Å². The van der Waals surface area contributed by atoms with Crippen LogP contribution in [-0.4, -0.2) is 13.1 Å². The molecule has 0 N–H and O–H groups in total. The Morgan fingerprint density at radius 1 is 0.815 bits per heavy atom. The Balaban J connectivity index is 2.10. The molecule has 4 aromatic rings. The van der Waals surface area contributed by atoms with Crippen LogP contribution in [0.25, 0.3) is 33.2 Å². The highest BCUT2D eigenvalue weighted by Crippen LogP contribution is 2.36. The molecule has 0 aliphatic carbocycles. The van der Waals surface area contributed by atoms with E-state index in [4.69, 9.17) is 9.15 Å². The number of rotatable bonds is 3. The summed E-state index contributed by atoms with van der Waals surface area (Å²) in [6.45, 7) is 0. The third kappa shape index (κ3) is 3.02. The third-order valence-electron chi connectivity index (χ3n) is 4.45. The van der Waals surface area contributed by atoms with Crippen molar-refractivity contribution < 1.29 is 13.9 Å². The van der Waals surface area contributed by atoms with Gasteiger partial charge in [0.25, 0.3) is 0 Å². The largest absolute Gasteiger partial charge is 0.465 e. The maximum absolute atomic E-state index is 12.9. The molecular weight excluding hydrogens is 340 g/mol. The fourth-order valence-corrected chi connectivity index (χ4v) is 3.22. The van der Waals surface area contributed by atoms with Crippen LogP contribution >= 0.6 is 0 Å². The number of esters is 1. The van der Waals surface area contributed by atoms with E-state index in [9.17, 15) is 9.59 Å². The van der Waals surface area contributed by atoms with Crippen LogP contribution in [0, 0.1) is 0 Å². The molecule has 0 aliphatic rings. The second-order valence-electron chi connectivity index (χ2n) is 6.07. The summed E-state index contributed by atoms with van der Waals surface area (Å²) < 4.78 is 10.3. The SMILES string of the molecule is COC(=O)c1ccc2c(-c3ccccc3)c(-c3ccccc3)c(=O)oc2c1. The number of fused-ring (bicyclic) bond motifs is 1. The first-order valence-corrected chi connectivity index (χ1v) is 8.49. The van der Waals surface area contributed by atoms with E-state index in [0.29, 0.717) is 16.7 Å². The van der Waals surface area contributed by atoms with Crippen molar-refractivity contribution in [1.82, 2.24) is 0 Å². The lowest BCUT2D eigenvalue weighted by molar-refractivity contribution is 0.0600. The summed E-state index contributed by atoms with van der Waals surface area (Å²) in [6.07, 6.45) is 0. The quantitative estimate of drug-likeness (QED) is 0.386. The molecule has 0 spiro atoms. The van der Waals surface area contributed by atoms with Gasteiger partial charge in [-0.3, -0.25) is 0 Å². The van der Waals surface area contributed by atoms with Crippen molar-refractivity contribution in [2.45, 2.75) is 0 Å². The molecule has 0 saturated carbocycles. The molecule has 132 valence electrons. The Morgan fingerprint density at radius 2 is 1.41 bits per heavy atom. The lowest BCUT2D eigenvalue weighted by Crippen LogP contribution is -2.07. The van der Waals surface area contributed by atoms with Gasteiger partial charge in [-0.25, -0.2) is 9.59 Å². The van der Waals surface area contributed by atoms with Gasteiger partial charge >= 0.3 is 11.6 Å². The normalized spacial score (nSPS) is 10.7. The summed E-state index contributed by atoms with van der Waals surface area (Å²) in [7, 11) is 1.32. The molecule has 4 rings (SSSR count). The van der Waals surface area contributed by atoms with E-state index in [1.807, 2.05) is 60.7 Å². The number of carbonyl (C=O) groups excluding carboxylic acids is 1. The van der Waals surface area contributed by atoms with E-state index in [2.05, 4.69) is 0 Å². The van der Waals surface area contributed by atoms with Gasteiger partial charge in [-0.05, 0) is 29.3 Å². The molecular formula is C23H16O4. The highest BCUT2D eigenvalue weighted by Gasteiger charge is 2.19. The summed E-state index contributed by atoms with van der Waals surface area (Å²) >= 11 is 0. The van der Waals surface area contributed by atoms with Gasteiger partial charge in [0.1, 0.15) is 5.58 Å². The minimum Gasteiger partial charge on any atom is -0.465 e. The molecule has 1 heterocycles. The number of carbonyl (C=O) groups is 1. The van der Waals surface area contributed by atoms with Crippen LogP contribution in [0.15, 0.2) is 88.1 Å². The molecule has 0 unspecified atom stereocenters. The summed E-state index contributed by atoms with van der Waals surface area (Å²) in [6, 6.07) is 24.1. The van der Waals surface area contributed by atoms with E-state index < -0.39 is 11.6 Å². The van der Waals surface area contributed by atoms with Gasteiger partial charge in [-0.15, -0.1) is 0 Å². The van der Waals surface area contributed by atoms with Crippen molar-refractivity contribution >= 4 is 16.9 Å². The first-order chi connectivity index (χ1) is 13.2. The van der Waals surface area contributed by atoms with Gasteiger partial charge in [-0.2, -0.15) is 0 Å². The van der Waals surface area contributed by atoms with E-state index in [0.717, 1.165) is 22.1 Å². The lowest BCUT2D eigenvalue weighted by Gasteiger charge is -2.13. The van der Waals surface area contributed by atoms with E-state index in [1.165, 1.54) is 7.11 Å². The Hall–Kier alpha value is -3.66. The van der Waals surface area contributed by atoms with Crippen LogP contribution in [0.1, 0.15) is 10.4 Å². The smallest absolute Gasteiger partial charge is 0.344 e. The second kappa shape index (κ2) is 6.92. The number of benzene rings is 3. The minimum absolute atomic E-state index is 0.333. The number of ether oxygens (including phenoxy) is 1. The molecule has 0 amide bonds. The lowest BCUT2D eigenvalue weighted by atomic mass is 9.92. The summed E-state index contributed by atoms with van der Waals surface area (Å²) in [4.78, 5) is 24.7. The molecule has 0 fully saturated rings. The molecule has 27 heavy (non-hydrogen) atoms. The molecule has 1 aromatic heterocycles. The number of hydrogen-bond donors (Lipinski definition) is 0. The van der Waals surface area contributed by atoms with Crippen molar-refractivity contribution in [3.8, 4) is 22.3 Å². The Kier molecular flexibility index (Phi) is 4.30. The van der Waals surface area contributed by atoms with Crippen molar-refractivity contribution in [1.29, 1.82) is 0 Å². The standard InChI is InChI=1S/C23H16O4/c1-26-22(24)17-12-13-18-19(14-17)27-23(25)21(16-10-6-3-7-11-16)20(18)15-8-4-2-5-9-15/h2-14H,1H3. The predicted molar refractivity (Wildman–Crippen MR) is 105 cm³/mol. The predicted octanol–water partition coefficient (Wildman–Crippen LogP) is 4.91. The first kappa shape index (κ1) is 16.8. The fraction of sp³-hybridized carbons (Fsp3) is 0.0435. The Bertz CT molecular complexity index is 1180. The first-order valence-electron chi connectivity index (χ1n) is 8.49. The zero-order chi connectivity index (χ0) is 18.8. The Morgan fingerprint density at radius 3 is 2.00 bits per heavy atom. The summed E-state index contributed by atoms with van der Waals surface area (Å²) in [5, 5.41) is 0.757. The van der Waals surface area contributed by atoms with Crippen molar-refractivity contribution in [2.75, 3.05) is 7.11 Å². The Labute approximate surface area is 155 Å². The summed E-state index contributed by atoms with van der Waals surface area (Å²) in [5.74, 6) is -0.479. The maximum Gasteiger partial charge on any atom is 0.344 e. The van der Waals surface area contributed by atoms with Crippen LogP contribution in [0.3, 0.4) is 0 Å². The highest BCUT2D eigenvalue weighted by molar-refractivity contribution is 6.03.